The molecule has 0 fully saturated rings. The van der Waals surface area contributed by atoms with Gasteiger partial charge in [0.05, 0.1) is 0 Å². The van der Waals surface area contributed by atoms with E-state index in [4.69, 9.17) is 0 Å². The lowest BCUT2D eigenvalue weighted by molar-refractivity contribution is 0.102. The minimum atomic E-state index is -0.184. The number of carbonyl (C=O) groups is 1. The minimum absolute atomic E-state index is 0.184. The van der Waals surface area contributed by atoms with Crippen molar-refractivity contribution >= 4 is 17.5 Å². The van der Waals surface area contributed by atoms with Gasteiger partial charge in [0.25, 0.3) is 5.91 Å². The van der Waals surface area contributed by atoms with Crippen LogP contribution in [0.2, 0.25) is 0 Å². The van der Waals surface area contributed by atoms with Gasteiger partial charge >= 0.3 is 0 Å². The molecule has 2 aromatic heterocycles. The number of nitrogens with zero attached hydrogens (tertiary/aromatic N) is 2. The topological polar surface area (TPSA) is 66.9 Å². The molecule has 0 radical (unpaired) electrons. The summed E-state index contributed by atoms with van der Waals surface area (Å²) in [6.45, 7) is 6.52. The molecular weight excluding hydrogens is 252 g/mol. The van der Waals surface area contributed by atoms with Crippen LogP contribution in [0, 0.1) is 13.8 Å². The average molecular weight is 270 g/mol. The molecule has 0 saturated carbocycles. The maximum atomic E-state index is 12.3. The first-order chi connectivity index (χ1) is 9.60. The lowest BCUT2D eigenvalue weighted by Crippen LogP contribution is -2.15. The predicted octanol–water partition coefficient (Wildman–Crippen LogP) is 2.78. The van der Waals surface area contributed by atoms with Gasteiger partial charge in [0, 0.05) is 24.0 Å². The van der Waals surface area contributed by atoms with E-state index in [1.807, 2.05) is 32.9 Å². The Kier molecular flexibility index (Phi) is 4.30. The van der Waals surface area contributed by atoms with Crippen LogP contribution in [0.1, 0.15) is 28.5 Å². The molecule has 0 unspecified atom stereocenters. The summed E-state index contributed by atoms with van der Waals surface area (Å²) in [6, 6.07) is 7.24. The van der Waals surface area contributed by atoms with E-state index >= 15 is 0 Å². The highest BCUT2D eigenvalue weighted by atomic mass is 16.1. The van der Waals surface area contributed by atoms with Crippen LogP contribution in [-0.2, 0) is 0 Å². The van der Waals surface area contributed by atoms with E-state index in [9.17, 15) is 4.79 Å². The highest BCUT2D eigenvalue weighted by molar-refractivity contribution is 6.04. The first-order valence-electron chi connectivity index (χ1n) is 6.55. The first-order valence-corrected chi connectivity index (χ1v) is 6.55. The van der Waals surface area contributed by atoms with Crippen molar-refractivity contribution in [3.63, 3.8) is 0 Å². The molecular formula is C15H18N4O. The molecule has 5 heteroatoms. The van der Waals surface area contributed by atoms with Gasteiger partial charge in [-0.3, -0.25) is 4.79 Å². The number of hydrogen-bond donors (Lipinski definition) is 2. The average Bonchev–Trinajstić information content (AvgIpc) is 2.41. The Bertz CT molecular complexity index is 625. The lowest BCUT2D eigenvalue weighted by Gasteiger charge is -2.09. The summed E-state index contributed by atoms with van der Waals surface area (Å²) in [7, 11) is 0. The third-order valence-electron chi connectivity index (χ3n) is 2.81. The van der Waals surface area contributed by atoms with Crippen LogP contribution in [-0.4, -0.2) is 22.4 Å². The number of nitrogens with one attached hydrogen (secondary N) is 2. The number of rotatable bonds is 4. The molecule has 2 heterocycles. The monoisotopic (exact) mass is 270 g/mol. The van der Waals surface area contributed by atoms with Crippen LogP contribution >= 0.6 is 0 Å². The Hall–Kier alpha value is -2.43. The normalized spacial score (nSPS) is 10.2. The Morgan fingerprint density at radius 2 is 2.10 bits per heavy atom. The van der Waals surface area contributed by atoms with Crippen LogP contribution in [0.3, 0.4) is 0 Å². The molecule has 5 nitrogen and oxygen atoms in total. The van der Waals surface area contributed by atoms with Gasteiger partial charge in [0.15, 0.2) is 0 Å². The second-order valence-electron chi connectivity index (χ2n) is 4.54. The molecule has 0 saturated heterocycles. The van der Waals surface area contributed by atoms with Gasteiger partial charge in [-0.1, -0.05) is 6.07 Å². The lowest BCUT2D eigenvalue weighted by atomic mass is 10.2. The number of aromatic nitrogens is 2. The largest absolute Gasteiger partial charge is 0.370 e. The maximum absolute atomic E-state index is 12.3. The highest BCUT2D eigenvalue weighted by Crippen LogP contribution is 2.14. The predicted molar refractivity (Wildman–Crippen MR) is 80.1 cm³/mol. The minimum Gasteiger partial charge on any atom is -0.370 e. The molecule has 1 amide bonds. The zero-order valence-corrected chi connectivity index (χ0v) is 11.9. The smallest absolute Gasteiger partial charge is 0.257 e. The van der Waals surface area contributed by atoms with Crippen molar-refractivity contribution < 1.29 is 4.79 Å². The molecule has 0 aliphatic rings. The van der Waals surface area contributed by atoms with Crippen molar-refractivity contribution in [2.75, 3.05) is 17.2 Å². The fourth-order valence-corrected chi connectivity index (χ4v) is 1.87. The number of hydrogen-bond acceptors (Lipinski definition) is 4. The maximum Gasteiger partial charge on any atom is 0.257 e. The van der Waals surface area contributed by atoms with Crippen molar-refractivity contribution in [1.29, 1.82) is 0 Å². The SMILES string of the molecule is CCNc1cc(C(=O)Nc2ncccc2C)cc(C)n1. The van der Waals surface area contributed by atoms with Crippen molar-refractivity contribution in [3.05, 3.63) is 47.3 Å². The Labute approximate surface area is 118 Å². The summed E-state index contributed by atoms with van der Waals surface area (Å²) in [5.74, 6) is 1.10. The number of carbonyl (C=O) groups excluding carboxylic acids is 1. The zero-order valence-electron chi connectivity index (χ0n) is 11.9. The van der Waals surface area contributed by atoms with E-state index in [0.717, 1.165) is 17.8 Å². The molecule has 2 N–H and O–H groups in total. The number of aryl methyl sites for hydroxylation is 2. The van der Waals surface area contributed by atoms with Crippen LogP contribution in [0.4, 0.5) is 11.6 Å². The van der Waals surface area contributed by atoms with Gasteiger partial charge in [0.2, 0.25) is 0 Å². The number of pyridine rings is 2. The number of amides is 1. The molecule has 20 heavy (non-hydrogen) atoms. The fourth-order valence-electron chi connectivity index (χ4n) is 1.87. The Morgan fingerprint density at radius 3 is 2.80 bits per heavy atom. The van der Waals surface area contributed by atoms with Crippen LogP contribution in [0.25, 0.3) is 0 Å². The Balaban J connectivity index is 2.23. The van der Waals surface area contributed by atoms with E-state index in [0.29, 0.717) is 17.2 Å². The molecule has 0 spiro atoms. The summed E-state index contributed by atoms with van der Waals surface area (Å²) < 4.78 is 0. The van der Waals surface area contributed by atoms with Crippen LogP contribution in [0.5, 0.6) is 0 Å². The van der Waals surface area contributed by atoms with Gasteiger partial charge in [-0.05, 0) is 44.5 Å². The van der Waals surface area contributed by atoms with Crippen molar-refractivity contribution in [3.8, 4) is 0 Å². The fraction of sp³-hybridized carbons (Fsp3) is 0.267. The van der Waals surface area contributed by atoms with Gasteiger partial charge < -0.3 is 10.6 Å². The van der Waals surface area contributed by atoms with Crippen molar-refractivity contribution in [2.24, 2.45) is 0 Å². The number of anilines is 2. The van der Waals surface area contributed by atoms with Crippen molar-refractivity contribution in [1.82, 2.24) is 9.97 Å². The zero-order chi connectivity index (χ0) is 14.5. The summed E-state index contributed by atoms with van der Waals surface area (Å²) >= 11 is 0. The molecule has 0 bridgehead atoms. The highest BCUT2D eigenvalue weighted by Gasteiger charge is 2.10. The van der Waals surface area contributed by atoms with E-state index in [-0.39, 0.29) is 5.91 Å². The molecule has 0 atom stereocenters. The molecule has 0 aromatic carbocycles. The second kappa shape index (κ2) is 6.14. The molecule has 2 aromatic rings. The van der Waals surface area contributed by atoms with Gasteiger partial charge in [-0.2, -0.15) is 0 Å². The first kappa shape index (κ1) is 14.0. The third kappa shape index (κ3) is 3.32. The molecule has 0 aliphatic carbocycles. The molecule has 0 aliphatic heterocycles. The van der Waals surface area contributed by atoms with Crippen LogP contribution < -0.4 is 10.6 Å². The quantitative estimate of drug-likeness (QED) is 0.896. The van der Waals surface area contributed by atoms with Gasteiger partial charge in [-0.25, -0.2) is 9.97 Å². The molecule has 2 rings (SSSR count). The van der Waals surface area contributed by atoms with E-state index in [1.165, 1.54) is 0 Å². The van der Waals surface area contributed by atoms with E-state index < -0.39 is 0 Å². The summed E-state index contributed by atoms with van der Waals surface area (Å²) in [6.07, 6.45) is 1.66. The Morgan fingerprint density at radius 1 is 1.30 bits per heavy atom. The standard InChI is InChI=1S/C15H18N4O/c1-4-16-13-9-12(8-11(3)18-13)15(20)19-14-10(2)6-5-7-17-14/h5-9H,4H2,1-3H3,(H,16,18)(H,17,19,20). The van der Waals surface area contributed by atoms with E-state index in [1.54, 1.807) is 18.3 Å². The third-order valence-corrected chi connectivity index (χ3v) is 2.81. The van der Waals surface area contributed by atoms with Gasteiger partial charge in [-0.15, -0.1) is 0 Å². The summed E-state index contributed by atoms with van der Waals surface area (Å²) in [5, 5.41) is 5.93. The summed E-state index contributed by atoms with van der Waals surface area (Å²) in [5.41, 5.74) is 2.29. The van der Waals surface area contributed by atoms with Crippen LogP contribution in [0.15, 0.2) is 30.5 Å². The van der Waals surface area contributed by atoms with Crippen molar-refractivity contribution in [2.45, 2.75) is 20.8 Å². The van der Waals surface area contributed by atoms with E-state index in [2.05, 4.69) is 20.6 Å². The van der Waals surface area contributed by atoms with Gasteiger partial charge in [0.1, 0.15) is 11.6 Å². The summed E-state index contributed by atoms with van der Waals surface area (Å²) in [4.78, 5) is 20.8. The molecule has 104 valence electrons. The second-order valence-corrected chi connectivity index (χ2v) is 4.54.